The fourth-order valence-corrected chi connectivity index (χ4v) is 1.42. The summed E-state index contributed by atoms with van der Waals surface area (Å²) in [6.45, 7) is 0. The van der Waals surface area contributed by atoms with Crippen LogP contribution in [-0.2, 0) is 0 Å². The molecule has 8 heteroatoms. The van der Waals surface area contributed by atoms with Crippen LogP contribution in [0.5, 0.6) is 0 Å². The van der Waals surface area contributed by atoms with Crippen molar-refractivity contribution in [2.75, 3.05) is 17.7 Å². The maximum Gasteiger partial charge on any atom is 0.277 e. The smallest absolute Gasteiger partial charge is 0.277 e. The number of aromatic nitrogens is 4. The summed E-state index contributed by atoms with van der Waals surface area (Å²) in [5.41, 5.74) is 1.76. The van der Waals surface area contributed by atoms with E-state index in [0.29, 0.717) is 10.9 Å². The van der Waals surface area contributed by atoms with Gasteiger partial charge >= 0.3 is 0 Å². The molecule has 0 saturated carbocycles. The Morgan fingerprint density at radius 3 is 3.00 bits per heavy atom. The summed E-state index contributed by atoms with van der Waals surface area (Å²) >= 11 is 1.24. The molecule has 0 radical (unpaired) electrons. The molecule has 7 nitrogen and oxygen atoms in total. The molecule has 2 rings (SSSR count). The average molecular weight is 236 g/mol. The van der Waals surface area contributed by atoms with E-state index in [0.717, 1.165) is 0 Å². The summed E-state index contributed by atoms with van der Waals surface area (Å²) in [6, 6.07) is 0. The van der Waals surface area contributed by atoms with Gasteiger partial charge in [-0.05, 0) is 0 Å². The first kappa shape index (κ1) is 10.4. The van der Waals surface area contributed by atoms with E-state index in [1.165, 1.54) is 29.2 Å². The number of carbonyl (C=O) groups excluding carboxylic acids is 1. The van der Waals surface area contributed by atoms with Crippen LogP contribution in [0.15, 0.2) is 17.9 Å². The number of hydrogen-bond acceptors (Lipinski definition) is 7. The molecule has 0 unspecified atom stereocenters. The molecule has 2 N–H and O–H groups in total. The van der Waals surface area contributed by atoms with Crippen LogP contribution in [0.4, 0.5) is 10.9 Å². The van der Waals surface area contributed by atoms with E-state index < -0.39 is 0 Å². The van der Waals surface area contributed by atoms with Gasteiger partial charge in [0.2, 0.25) is 5.13 Å². The first-order valence-corrected chi connectivity index (χ1v) is 5.25. The van der Waals surface area contributed by atoms with Crippen molar-refractivity contribution in [2.24, 2.45) is 0 Å². The van der Waals surface area contributed by atoms with Gasteiger partial charge in [-0.1, -0.05) is 11.3 Å². The molecule has 0 bridgehead atoms. The third-order valence-electron chi connectivity index (χ3n) is 1.70. The van der Waals surface area contributed by atoms with Crippen LogP contribution in [0.25, 0.3) is 0 Å². The van der Waals surface area contributed by atoms with E-state index in [1.54, 1.807) is 7.05 Å². The highest BCUT2D eigenvalue weighted by Crippen LogP contribution is 2.10. The molecule has 2 aromatic heterocycles. The van der Waals surface area contributed by atoms with E-state index in [4.69, 9.17) is 0 Å². The number of nitrogens with one attached hydrogen (secondary N) is 2. The SMILES string of the molecule is CNc1cncc(C(=O)Nc2nncs2)n1. The predicted molar refractivity (Wildman–Crippen MR) is 59.4 cm³/mol. The zero-order valence-corrected chi connectivity index (χ0v) is 9.15. The number of hydrogen-bond donors (Lipinski definition) is 2. The second-order valence-electron chi connectivity index (χ2n) is 2.74. The minimum atomic E-state index is -0.360. The largest absolute Gasteiger partial charge is 0.372 e. The van der Waals surface area contributed by atoms with E-state index in [2.05, 4.69) is 30.8 Å². The normalized spacial score (nSPS) is 9.81. The topological polar surface area (TPSA) is 92.7 Å². The molecule has 0 aliphatic rings. The fraction of sp³-hybridized carbons (Fsp3) is 0.125. The molecular formula is C8H8N6OS. The third kappa shape index (κ3) is 2.28. The molecule has 0 aliphatic heterocycles. The quantitative estimate of drug-likeness (QED) is 0.811. The Morgan fingerprint density at radius 2 is 2.31 bits per heavy atom. The lowest BCUT2D eigenvalue weighted by molar-refractivity contribution is 0.102. The Balaban J connectivity index is 2.14. The maximum absolute atomic E-state index is 11.7. The van der Waals surface area contributed by atoms with Gasteiger partial charge in [0, 0.05) is 7.05 Å². The summed E-state index contributed by atoms with van der Waals surface area (Å²) in [6.07, 6.45) is 2.92. The van der Waals surface area contributed by atoms with Gasteiger partial charge in [0.25, 0.3) is 5.91 Å². The van der Waals surface area contributed by atoms with E-state index in [1.807, 2.05) is 0 Å². The zero-order chi connectivity index (χ0) is 11.4. The maximum atomic E-state index is 11.7. The van der Waals surface area contributed by atoms with Crippen LogP contribution in [0.1, 0.15) is 10.5 Å². The van der Waals surface area contributed by atoms with Crippen molar-refractivity contribution in [1.29, 1.82) is 0 Å². The van der Waals surface area contributed by atoms with Crippen LogP contribution in [0.3, 0.4) is 0 Å². The molecule has 2 aromatic rings. The summed E-state index contributed by atoms with van der Waals surface area (Å²) in [5.74, 6) is 0.172. The molecule has 0 saturated heterocycles. The van der Waals surface area contributed by atoms with Crippen LogP contribution in [0, 0.1) is 0 Å². The lowest BCUT2D eigenvalue weighted by Crippen LogP contribution is -2.14. The summed E-state index contributed by atoms with van der Waals surface area (Å²) in [5, 5.41) is 13.1. The highest BCUT2D eigenvalue weighted by atomic mass is 32.1. The van der Waals surface area contributed by atoms with Gasteiger partial charge in [-0.25, -0.2) is 4.98 Å². The van der Waals surface area contributed by atoms with Crippen LogP contribution >= 0.6 is 11.3 Å². The molecule has 16 heavy (non-hydrogen) atoms. The Morgan fingerprint density at radius 1 is 1.44 bits per heavy atom. The highest BCUT2D eigenvalue weighted by molar-refractivity contribution is 7.13. The molecule has 0 fully saturated rings. The Labute approximate surface area is 95.0 Å². The minimum absolute atomic E-state index is 0.224. The van der Waals surface area contributed by atoms with Gasteiger partial charge in [-0.3, -0.25) is 15.1 Å². The van der Waals surface area contributed by atoms with Crippen molar-refractivity contribution in [3.8, 4) is 0 Å². The second-order valence-corrected chi connectivity index (χ2v) is 3.57. The monoisotopic (exact) mass is 236 g/mol. The van der Waals surface area contributed by atoms with Gasteiger partial charge in [-0.15, -0.1) is 10.2 Å². The van der Waals surface area contributed by atoms with Crippen LogP contribution < -0.4 is 10.6 Å². The molecule has 0 atom stereocenters. The van der Waals surface area contributed by atoms with Crippen molar-refractivity contribution in [2.45, 2.75) is 0 Å². The van der Waals surface area contributed by atoms with Crippen molar-refractivity contribution >= 4 is 28.2 Å². The zero-order valence-electron chi connectivity index (χ0n) is 8.34. The highest BCUT2D eigenvalue weighted by Gasteiger charge is 2.10. The summed E-state index contributed by atoms with van der Waals surface area (Å²) in [4.78, 5) is 19.6. The third-order valence-corrected chi connectivity index (χ3v) is 2.31. The van der Waals surface area contributed by atoms with Gasteiger partial charge < -0.3 is 5.32 Å². The van der Waals surface area contributed by atoms with Crippen LogP contribution in [-0.4, -0.2) is 33.1 Å². The van der Waals surface area contributed by atoms with Crippen molar-refractivity contribution in [1.82, 2.24) is 20.2 Å². The number of amides is 1. The number of nitrogens with zero attached hydrogens (tertiary/aromatic N) is 4. The van der Waals surface area contributed by atoms with Gasteiger partial charge in [0.05, 0.1) is 12.4 Å². The lowest BCUT2D eigenvalue weighted by Gasteiger charge is -2.02. The van der Waals surface area contributed by atoms with Crippen LogP contribution in [0.2, 0.25) is 0 Å². The Bertz CT molecular complexity index is 485. The van der Waals surface area contributed by atoms with Crippen molar-refractivity contribution < 1.29 is 4.79 Å². The lowest BCUT2D eigenvalue weighted by atomic mass is 10.4. The molecule has 2 heterocycles. The molecule has 0 aliphatic carbocycles. The number of rotatable bonds is 3. The standard InChI is InChI=1S/C8H8N6OS/c1-9-6-3-10-2-5(12-6)7(15)13-8-14-11-4-16-8/h2-4H,1H3,(H,9,12)(H,13,14,15). The first-order chi connectivity index (χ1) is 7.79. The molecule has 1 amide bonds. The summed E-state index contributed by atoms with van der Waals surface area (Å²) in [7, 11) is 1.70. The first-order valence-electron chi connectivity index (χ1n) is 4.37. The summed E-state index contributed by atoms with van der Waals surface area (Å²) < 4.78 is 0. The van der Waals surface area contributed by atoms with E-state index in [-0.39, 0.29) is 11.6 Å². The number of anilines is 2. The predicted octanol–water partition coefficient (Wildman–Crippen LogP) is 0.622. The Kier molecular flexibility index (Phi) is 3.01. The second kappa shape index (κ2) is 4.62. The molecule has 0 aromatic carbocycles. The van der Waals surface area contributed by atoms with E-state index >= 15 is 0 Å². The number of carbonyl (C=O) groups is 1. The van der Waals surface area contributed by atoms with Crippen molar-refractivity contribution in [3.05, 3.63) is 23.6 Å². The minimum Gasteiger partial charge on any atom is -0.372 e. The van der Waals surface area contributed by atoms with Gasteiger partial charge in [0.1, 0.15) is 17.0 Å². The van der Waals surface area contributed by atoms with Gasteiger partial charge in [-0.2, -0.15) is 0 Å². The Hall–Kier alpha value is -2.09. The molecule has 0 spiro atoms. The van der Waals surface area contributed by atoms with E-state index in [9.17, 15) is 4.79 Å². The molecule has 82 valence electrons. The molecular weight excluding hydrogens is 228 g/mol. The average Bonchev–Trinajstić information content (AvgIpc) is 2.82. The fourth-order valence-electron chi connectivity index (χ4n) is 0.985. The van der Waals surface area contributed by atoms with Gasteiger partial charge in [0.15, 0.2) is 0 Å². The van der Waals surface area contributed by atoms with Crippen molar-refractivity contribution in [3.63, 3.8) is 0 Å².